The highest BCUT2D eigenvalue weighted by molar-refractivity contribution is 5.75. The van der Waals surface area contributed by atoms with Crippen LogP contribution in [0.15, 0.2) is 24.3 Å². The molecule has 22 heavy (non-hydrogen) atoms. The van der Waals surface area contributed by atoms with E-state index in [-0.39, 0.29) is 0 Å². The number of imidazole rings is 1. The molecule has 0 spiro atoms. The largest absolute Gasteiger partial charge is 0.328 e. The average molecular weight is 301 g/mol. The Morgan fingerprint density at radius 2 is 1.73 bits per heavy atom. The minimum absolute atomic E-state index is 0.986. The Morgan fingerprint density at radius 3 is 2.50 bits per heavy atom. The molecule has 0 atom stereocenters. The van der Waals surface area contributed by atoms with Crippen LogP contribution < -0.4 is 5.32 Å². The van der Waals surface area contributed by atoms with Crippen LogP contribution in [0.3, 0.4) is 0 Å². The zero-order valence-corrected chi connectivity index (χ0v) is 14.3. The van der Waals surface area contributed by atoms with E-state index in [2.05, 4.69) is 41.1 Å². The predicted octanol–water partition coefficient (Wildman–Crippen LogP) is 4.55. The summed E-state index contributed by atoms with van der Waals surface area (Å²) in [6.07, 6.45) is 10.5. The quantitative estimate of drug-likeness (QED) is 0.617. The third-order valence-corrected chi connectivity index (χ3v) is 4.32. The van der Waals surface area contributed by atoms with Crippen LogP contribution in [0, 0.1) is 0 Å². The molecule has 3 heteroatoms. The summed E-state index contributed by atoms with van der Waals surface area (Å²) in [6, 6.07) is 8.52. The van der Waals surface area contributed by atoms with Gasteiger partial charge in [-0.3, -0.25) is 0 Å². The summed E-state index contributed by atoms with van der Waals surface area (Å²) in [5, 5.41) is 3.23. The molecule has 0 saturated heterocycles. The van der Waals surface area contributed by atoms with Gasteiger partial charge in [-0.25, -0.2) is 4.98 Å². The number of aromatic nitrogens is 2. The molecule has 0 unspecified atom stereocenters. The first-order valence-corrected chi connectivity index (χ1v) is 8.95. The summed E-state index contributed by atoms with van der Waals surface area (Å²) >= 11 is 0. The molecule has 0 radical (unpaired) electrons. The van der Waals surface area contributed by atoms with Gasteiger partial charge in [0.05, 0.1) is 11.0 Å². The summed E-state index contributed by atoms with van der Waals surface area (Å²) in [5.41, 5.74) is 2.43. The van der Waals surface area contributed by atoms with Gasteiger partial charge in [0.2, 0.25) is 0 Å². The van der Waals surface area contributed by atoms with Crippen molar-refractivity contribution in [3.63, 3.8) is 0 Å². The number of hydrogen-bond acceptors (Lipinski definition) is 2. The third kappa shape index (κ3) is 4.84. The minimum atomic E-state index is 0.986. The van der Waals surface area contributed by atoms with Crippen molar-refractivity contribution < 1.29 is 0 Å². The number of benzene rings is 1. The van der Waals surface area contributed by atoms with Crippen molar-refractivity contribution in [2.45, 2.75) is 64.8 Å². The van der Waals surface area contributed by atoms with Crippen LogP contribution in [0.2, 0.25) is 0 Å². The zero-order valence-electron chi connectivity index (χ0n) is 14.3. The highest BCUT2D eigenvalue weighted by atomic mass is 15.1. The molecule has 0 aliphatic rings. The minimum Gasteiger partial charge on any atom is -0.328 e. The van der Waals surface area contributed by atoms with E-state index in [1.54, 1.807) is 0 Å². The Morgan fingerprint density at radius 1 is 1.00 bits per heavy atom. The van der Waals surface area contributed by atoms with Gasteiger partial charge in [0, 0.05) is 19.5 Å². The van der Waals surface area contributed by atoms with Crippen LogP contribution in [-0.4, -0.2) is 23.1 Å². The fourth-order valence-electron chi connectivity index (χ4n) is 3.03. The lowest BCUT2D eigenvalue weighted by atomic mass is 10.1. The molecule has 2 aromatic rings. The summed E-state index contributed by atoms with van der Waals surface area (Å²) < 4.78 is 2.43. The molecule has 0 aliphatic carbocycles. The van der Waals surface area contributed by atoms with E-state index in [0.717, 1.165) is 25.0 Å². The molecule has 1 aromatic heterocycles. The molecule has 0 amide bonds. The number of unbranched alkanes of at least 4 members (excludes halogenated alkanes) is 6. The van der Waals surface area contributed by atoms with E-state index in [1.165, 1.54) is 56.3 Å². The standard InChI is InChI=1S/C19H31N3/c1-3-4-5-6-7-8-11-16-22-18-13-10-9-12-17(18)21-19(22)14-15-20-2/h9-10,12-13,20H,3-8,11,14-16H2,1-2H3. The van der Waals surface area contributed by atoms with E-state index in [1.807, 2.05) is 7.05 Å². The van der Waals surface area contributed by atoms with E-state index < -0.39 is 0 Å². The lowest BCUT2D eigenvalue weighted by Gasteiger charge is -2.09. The van der Waals surface area contributed by atoms with Gasteiger partial charge >= 0.3 is 0 Å². The number of aryl methyl sites for hydroxylation is 1. The Labute approximate surface area is 135 Å². The van der Waals surface area contributed by atoms with Crippen LogP contribution in [0.5, 0.6) is 0 Å². The Bertz CT molecular complexity index is 545. The summed E-state index contributed by atoms with van der Waals surface area (Å²) in [5.74, 6) is 1.22. The molecule has 2 rings (SSSR count). The third-order valence-electron chi connectivity index (χ3n) is 4.32. The number of fused-ring (bicyclic) bond motifs is 1. The maximum Gasteiger partial charge on any atom is 0.111 e. The average Bonchev–Trinajstić information content (AvgIpc) is 2.90. The van der Waals surface area contributed by atoms with Crippen molar-refractivity contribution in [1.29, 1.82) is 0 Å². The van der Waals surface area contributed by atoms with Crippen molar-refractivity contribution in [2.24, 2.45) is 0 Å². The molecular weight excluding hydrogens is 270 g/mol. The SMILES string of the molecule is CCCCCCCCCn1c(CCNC)nc2ccccc21. The lowest BCUT2D eigenvalue weighted by Crippen LogP contribution is -2.14. The van der Waals surface area contributed by atoms with Crippen LogP contribution in [0.25, 0.3) is 11.0 Å². The van der Waals surface area contributed by atoms with Crippen molar-refractivity contribution in [3.05, 3.63) is 30.1 Å². The molecule has 0 bridgehead atoms. The fourth-order valence-corrected chi connectivity index (χ4v) is 3.03. The number of nitrogens with zero attached hydrogens (tertiary/aromatic N) is 2. The van der Waals surface area contributed by atoms with Gasteiger partial charge in [0.15, 0.2) is 0 Å². The summed E-state index contributed by atoms with van der Waals surface area (Å²) in [4.78, 5) is 4.81. The Hall–Kier alpha value is -1.35. The van der Waals surface area contributed by atoms with Gasteiger partial charge in [-0.1, -0.05) is 57.6 Å². The van der Waals surface area contributed by atoms with E-state index in [9.17, 15) is 0 Å². The number of likely N-dealkylation sites (N-methyl/N-ethyl adjacent to an activating group) is 1. The van der Waals surface area contributed by atoms with Gasteiger partial charge in [-0.2, -0.15) is 0 Å². The Kier molecular flexibility index (Phi) is 7.44. The Balaban J connectivity index is 1.90. The molecule has 0 fully saturated rings. The van der Waals surface area contributed by atoms with Gasteiger partial charge < -0.3 is 9.88 Å². The maximum absolute atomic E-state index is 4.81. The lowest BCUT2D eigenvalue weighted by molar-refractivity contribution is 0.544. The van der Waals surface area contributed by atoms with E-state index >= 15 is 0 Å². The first-order valence-electron chi connectivity index (χ1n) is 8.95. The van der Waals surface area contributed by atoms with Gasteiger partial charge in [0.25, 0.3) is 0 Å². The summed E-state index contributed by atoms with van der Waals surface area (Å²) in [7, 11) is 2.00. The predicted molar refractivity (Wildman–Crippen MR) is 95.4 cm³/mol. The first kappa shape index (κ1) is 17.0. The van der Waals surface area contributed by atoms with Crippen molar-refractivity contribution in [2.75, 3.05) is 13.6 Å². The molecule has 122 valence electrons. The molecule has 1 heterocycles. The summed E-state index contributed by atoms with van der Waals surface area (Å²) in [6.45, 7) is 4.37. The second-order valence-corrected chi connectivity index (χ2v) is 6.14. The van der Waals surface area contributed by atoms with Crippen LogP contribution >= 0.6 is 0 Å². The second kappa shape index (κ2) is 9.62. The highest BCUT2D eigenvalue weighted by Gasteiger charge is 2.09. The number of para-hydroxylation sites is 2. The highest BCUT2D eigenvalue weighted by Crippen LogP contribution is 2.18. The van der Waals surface area contributed by atoms with Crippen LogP contribution in [0.4, 0.5) is 0 Å². The second-order valence-electron chi connectivity index (χ2n) is 6.14. The van der Waals surface area contributed by atoms with Crippen molar-refractivity contribution >= 4 is 11.0 Å². The van der Waals surface area contributed by atoms with E-state index in [0.29, 0.717) is 0 Å². The fraction of sp³-hybridized carbons (Fsp3) is 0.632. The maximum atomic E-state index is 4.81. The van der Waals surface area contributed by atoms with Gasteiger partial charge in [0.1, 0.15) is 5.82 Å². The molecule has 3 nitrogen and oxygen atoms in total. The molecule has 0 saturated carbocycles. The smallest absolute Gasteiger partial charge is 0.111 e. The van der Waals surface area contributed by atoms with Gasteiger partial charge in [-0.05, 0) is 25.6 Å². The first-order chi connectivity index (χ1) is 10.9. The van der Waals surface area contributed by atoms with Crippen molar-refractivity contribution in [3.8, 4) is 0 Å². The molecular formula is C19H31N3. The normalized spacial score (nSPS) is 11.4. The zero-order chi connectivity index (χ0) is 15.6. The number of hydrogen-bond donors (Lipinski definition) is 1. The topological polar surface area (TPSA) is 29.9 Å². The molecule has 1 N–H and O–H groups in total. The van der Waals surface area contributed by atoms with Crippen LogP contribution in [-0.2, 0) is 13.0 Å². The number of rotatable bonds is 11. The monoisotopic (exact) mass is 301 g/mol. The molecule has 1 aromatic carbocycles. The van der Waals surface area contributed by atoms with Gasteiger partial charge in [-0.15, -0.1) is 0 Å². The van der Waals surface area contributed by atoms with E-state index in [4.69, 9.17) is 4.98 Å². The van der Waals surface area contributed by atoms with Crippen molar-refractivity contribution in [1.82, 2.24) is 14.9 Å². The molecule has 0 aliphatic heterocycles. The number of nitrogens with one attached hydrogen (secondary N) is 1. The van der Waals surface area contributed by atoms with Crippen LogP contribution in [0.1, 0.15) is 57.7 Å².